The van der Waals surface area contributed by atoms with Crippen LogP contribution in [0.25, 0.3) is 0 Å². The molecule has 0 aromatic heterocycles. The molecule has 0 saturated carbocycles. The van der Waals surface area contributed by atoms with Gasteiger partial charge in [0, 0.05) is 11.6 Å². The molecule has 0 fully saturated rings. The highest BCUT2D eigenvalue weighted by atomic mass is 79.9. The largest absolute Gasteiger partial charge is 0.372 e. The molecule has 2 atom stereocenters. The SMILES string of the molecule is COC(C)C(=O)NC(C)c1ccccc1Br. The van der Waals surface area contributed by atoms with E-state index in [-0.39, 0.29) is 11.9 Å². The molecule has 0 saturated heterocycles. The van der Waals surface area contributed by atoms with E-state index < -0.39 is 6.10 Å². The maximum atomic E-state index is 11.6. The Morgan fingerprint density at radius 3 is 2.56 bits per heavy atom. The van der Waals surface area contributed by atoms with Crippen LogP contribution in [0.4, 0.5) is 0 Å². The minimum absolute atomic E-state index is 0.0410. The van der Waals surface area contributed by atoms with Crippen molar-refractivity contribution in [1.29, 1.82) is 0 Å². The Hall–Kier alpha value is -0.870. The smallest absolute Gasteiger partial charge is 0.249 e. The summed E-state index contributed by atoms with van der Waals surface area (Å²) in [7, 11) is 1.52. The summed E-state index contributed by atoms with van der Waals surface area (Å²) in [4.78, 5) is 11.6. The molecular formula is C12H16BrNO2. The van der Waals surface area contributed by atoms with Gasteiger partial charge in [-0.05, 0) is 25.5 Å². The highest BCUT2D eigenvalue weighted by Gasteiger charge is 2.16. The van der Waals surface area contributed by atoms with E-state index >= 15 is 0 Å². The second kappa shape index (κ2) is 6.01. The topological polar surface area (TPSA) is 38.3 Å². The summed E-state index contributed by atoms with van der Waals surface area (Å²) in [6.07, 6.45) is -0.426. The zero-order valence-corrected chi connectivity index (χ0v) is 11.2. The van der Waals surface area contributed by atoms with E-state index in [2.05, 4.69) is 21.2 Å². The van der Waals surface area contributed by atoms with Gasteiger partial charge in [-0.2, -0.15) is 0 Å². The number of hydrogen-bond acceptors (Lipinski definition) is 2. The lowest BCUT2D eigenvalue weighted by atomic mass is 10.1. The van der Waals surface area contributed by atoms with E-state index in [1.165, 1.54) is 7.11 Å². The number of hydrogen-bond donors (Lipinski definition) is 1. The van der Waals surface area contributed by atoms with Gasteiger partial charge in [0.25, 0.3) is 0 Å². The van der Waals surface area contributed by atoms with Gasteiger partial charge >= 0.3 is 0 Å². The lowest BCUT2D eigenvalue weighted by Crippen LogP contribution is -2.35. The molecule has 1 amide bonds. The van der Waals surface area contributed by atoms with Crippen LogP contribution < -0.4 is 5.32 Å². The first-order valence-electron chi connectivity index (χ1n) is 5.14. The predicted octanol–water partition coefficient (Wildman–Crippen LogP) is 2.66. The summed E-state index contributed by atoms with van der Waals surface area (Å²) in [6.45, 7) is 3.67. The van der Waals surface area contributed by atoms with Crippen LogP contribution in [0.3, 0.4) is 0 Å². The summed E-state index contributed by atoms with van der Waals surface area (Å²) in [5, 5.41) is 2.89. The lowest BCUT2D eigenvalue weighted by molar-refractivity contribution is -0.130. The number of rotatable bonds is 4. The van der Waals surface area contributed by atoms with E-state index in [4.69, 9.17) is 4.74 Å². The van der Waals surface area contributed by atoms with Crippen LogP contribution in [-0.2, 0) is 9.53 Å². The first-order valence-corrected chi connectivity index (χ1v) is 5.93. The van der Waals surface area contributed by atoms with Crippen LogP contribution in [0.15, 0.2) is 28.7 Å². The number of amides is 1. The molecule has 0 aliphatic heterocycles. The molecule has 0 heterocycles. The third kappa shape index (κ3) is 3.32. The molecule has 1 rings (SSSR count). The fourth-order valence-corrected chi connectivity index (χ4v) is 1.97. The Bertz CT molecular complexity index is 368. The average molecular weight is 286 g/mol. The minimum atomic E-state index is -0.426. The van der Waals surface area contributed by atoms with Crippen molar-refractivity contribution in [3.63, 3.8) is 0 Å². The van der Waals surface area contributed by atoms with Crippen molar-refractivity contribution in [2.24, 2.45) is 0 Å². The number of nitrogens with one attached hydrogen (secondary N) is 1. The van der Waals surface area contributed by atoms with Gasteiger partial charge in [0.05, 0.1) is 6.04 Å². The molecule has 0 aliphatic rings. The third-order valence-electron chi connectivity index (χ3n) is 2.45. The maximum absolute atomic E-state index is 11.6. The molecule has 0 aliphatic carbocycles. The maximum Gasteiger partial charge on any atom is 0.249 e. The van der Waals surface area contributed by atoms with Crippen molar-refractivity contribution >= 4 is 21.8 Å². The van der Waals surface area contributed by atoms with E-state index in [9.17, 15) is 4.79 Å². The van der Waals surface area contributed by atoms with Gasteiger partial charge in [-0.1, -0.05) is 34.1 Å². The quantitative estimate of drug-likeness (QED) is 0.924. The molecular weight excluding hydrogens is 270 g/mol. The zero-order valence-electron chi connectivity index (χ0n) is 9.66. The summed E-state index contributed by atoms with van der Waals surface area (Å²) < 4.78 is 5.95. The Kier molecular flexibility index (Phi) is 4.96. The van der Waals surface area contributed by atoms with Crippen LogP contribution >= 0.6 is 15.9 Å². The Morgan fingerprint density at radius 1 is 1.38 bits per heavy atom. The normalized spacial score (nSPS) is 14.2. The summed E-state index contributed by atoms with van der Waals surface area (Å²) >= 11 is 3.46. The molecule has 0 radical (unpaired) electrons. The number of ether oxygens (including phenoxy) is 1. The predicted molar refractivity (Wildman–Crippen MR) is 67.2 cm³/mol. The Morgan fingerprint density at radius 2 is 2.00 bits per heavy atom. The van der Waals surface area contributed by atoms with Crippen molar-refractivity contribution in [2.75, 3.05) is 7.11 Å². The first-order chi connectivity index (χ1) is 7.56. The van der Waals surface area contributed by atoms with Crippen molar-refractivity contribution in [2.45, 2.75) is 26.0 Å². The molecule has 1 aromatic carbocycles. The molecule has 2 unspecified atom stereocenters. The Balaban J connectivity index is 2.69. The van der Waals surface area contributed by atoms with E-state index in [0.717, 1.165) is 10.0 Å². The highest BCUT2D eigenvalue weighted by molar-refractivity contribution is 9.10. The average Bonchev–Trinajstić information content (AvgIpc) is 2.28. The van der Waals surface area contributed by atoms with Gasteiger partial charge in [0.1, 0.15) is 6.10 Å². The van der Waals surface area contributed by atoms with Crippen molar-refractivity contribution in [1.82, 2.24) is 5.32 Å². The number of carbonyl (C=O) groups is 1. The van der Waals surface area contributed by atoms with Crippen molar-refractivity contribution in [3.8, 4) is 0 Å². The van der Waals surface area contributed by atoms with Crippen LogP contribution in [0.2, 0.25) is 0 Å². The minimum Gasteiger partial charge on any atom is -0.372 e. The summed E-state index contributed by atoms with van der Waals surface area (Å²) in [5.41, 5.74) is 1.05. The molecule has 16 heavy (non-hydrogen) atoms. The molecule has 0 spiro atoms. The van der Waals surface area contributed by atoms with Gasteiger partial charge in [-0.3, -0.25) is 4.79 Å². The van der Waals surface area contributed by atoms with Gasteiger partial charge in [-0.25, -0.2) is 0 Å². The van der Waals surface area contributed by atoms with E-state index in [0.29, 0.717) is 0 Å². The number of methoxy groups -OCH3 is 1. The highest BCUT2D eigenvalue weighted by Crippen LogP contribution is 2.22. The Labute approximate surface area is 104 Å². The third-order valence-corrected chi connectivity index (χ3v) is 3.18. The van der Waals surface area contributed by atoms with E-state index in [1.54, 1.807) is 6.92 Å². The monoisotopic (exact) mass is 285 g/mol. The number of halogens is 1. The van der Waals surface area contributed by atoms with Crippen LogP contribution in [-0.4, -0.2) is 19.1 Å². The molecule has 1 N–H and O–H groups in total. The van der Waals surface area contributed by atoms with E-state index in [1.807, 2.05) is 31.2 Å². The van der Waals surface area contributed by atoms with Gasteiger partial charge < -0.3 is 10.1 Å². The van der Waals surface area contributed by atoms with Crippen LogP contribution in [0.1, 0.15) is 25.5 Å². The molecule has 0 bridgehead atoms. The lowest BCUT2D eigenvalue weighted by Gasteiger charge is -2.18. The number of carbonyl (C=O) groups excluding carboxylic acids is 1. The summed E-state index contributed by atoms with van der Waals surface area (Å²) in [5.74, 6) is -0.106. The van der Waals surface area contributed by atoms with Crippen molar-refractivity contribution < 1.29 is 9.53 Å². The first kappa shape index (κ1) is 13.2. The molecule has 1 aromatic rings. The standard InChI is InChI=1S/C12H16BrNO2/c1-8(14-12(15)9(2)16-3)10-6-4-5-7-11(10)13/h4-9H,1-3H3,(H,14,15). The molecule has 4 heteroatoms. The van der Waals surface area contributed by atoms with Gasteiger partial charge in [0.2, 0.25) is 5.91 Å². The second-order valence-electron chi connectivity index (χ2n) is 3.63. The molecule has 3 nitrogen and oxygen atoms in total. The van der Waals surface area contributed by atoms with Gasteiger partial charge in [-0.15, -0.1) is 0 Å². The zero-order chi connectivity index (χ0) is 12.1. The number of benzene rings is 1. The van der Waals surface area contributed by atoms with Gasteiger partial charge in [0.15, 0.2) is 0 Å². The fourth-order valence-electron chi connectivity index (χ4n) is 1.34. The fraction of sp³-hybridized carbons (Fsp3) is 0.417. The van der Waals surface area contributed by atoms with Crippen molar-refractivity contribution in [3.05, 3.63) is 34.3 Å². The molecule has 88 valence electrons. The van der Waals surface area contributed by atoms with Crippen LogP contribution in [0, 0.1) is 0 Å². The van der Waals surface area contributed by atoms with Crippen LogP contribution in [0.5, 0.6) is 0 Å². The second-order valence-corrected chi connectivity index (χ2v) is 4.48. The summed E-state index contributed by atoms with van der Waals surface area (Å²) in [6, 6.07) is 7.78.